The van der Waals surface area contributed by atoms with E-state index in [0.29, 0.717) is 5.56 Å². The third-order valence-electron chi connectivity index (χ3n) is 5.59. The van der Waals surface area contributed by atoms with Crippen LogP contribution < -0.4 is 0 Å². The maximum atomic E-state index is 13.0. The fourth-order valence-corrected chi connectivity index (χ4v) is 4.47. The Balaban J connectivity index is 2.67. The lowest BCUT2D eigenvalue weighted by Gasteiger charge is -2.31. The summed E-state index contributed by atoms with van der Waals surface area (Å²) >= 11 is 0. The van der Waals surface area contributed by atoms with E-state index in [1.165, 1.54) is 6.92 Å². The van der Waals surface area contributed by atoms with Crippen molar-refractivity contribution in [1.82, 2.24) is 0 Å². The number of benzene rings is 1. The van der Waals surface area contributed by atoms with Gasteiger partial charge in [-0.15, -0.1) is 0 Å². The molecule has 1 aliphatic carbocycles. The Kier molecular flexibility index (Phi) is 7.11. The number of aryl methyl sites for hydroxylation is 1. The van der Waals surface area contributed by atoms with E-state index in [0.717, 1.165) is 5.56 Å². The molecule has 8 nitrogen and oxygen atoms in total. The molecule has 0 spiro atoms. The Bertz CT molecular complexity index is 806. The second-order valence-electron chi connectivity index (χ2n) is 7.39. The van der Waals surface area contributed by atoms with Gasteiger partial charge in [-0.2, -0.15) is 0 Å². The van der Waals surface area contributed by atoms with E-state index < -0.39 is 45.9 Å². The van der Waals surface area contributed by atoms with Crippen molar-refractivity contribution in [2.24, 2.45) is 11.3 Å². The van der Waals surface area contributed by atoms with Crippen LogP contribution in [0.25, 0.3) is 0 Å². The summed E-state index contributed by atoms with van der Waals surface area (Å²) in [5.74, 6) is -3.73. The highest BCUT2D eigenvalue weighted by Gasteiger charge is 2.67. The highest BCUT2D eigenvalue weighted by Crippen LogP contribution is 2.55. The van der Waals surface area contributed by atoms with Gasteiger partial charge < -0.3 is 9.47 Å². The van der Waals surface area contributed by atoms with E-state index >= 15 is 0 Å². The van der Waals surface area contributed by atoms with Gasteiger partial charge in [0.2, 0.25) is 6.04 Å². The average Bonchev–Trinajstić information content (AvgIpc) is 2.98. The summed E-state index contributed by atoms with van der Waals surface area (Å²) in [7, 11) is 0. The predicted molar refractivity (Wildman–Crippen MR) is 104 cm³/mol. The van der Waals surface area contributed by atoms with Crippen molar-refractivity contribution in [2.45, 2.75) is 52.5 Å². The second kappa shape index (κ2) is 9.15. The van der Waals surface area contributed by atoms with Crippen molar-refractivity contribution in [2.75, 3.05) is 13.2 Å². The lowest BCUT2D eigenvalue weighted by molar-refractivity contribution is -0.532. The number of ketones is 1. The summed E-state index contributed by atoms with van der Waals surface area (Å²) in [6.45, 7) is 6.53. The van der Waals surface area contributed by atoms with Gasteiger partial charge in [0.05, 0.1) is 25.6 Å². The first-order valence-corrected chi connectivity index (χ1v) is 9.72. The molecule has 0 bridgehead atoms. The van der Waals surface area contributed by atoms with E-state index in [1.54, 1.807) is 32.0 Å². The fraction of sp³-hybridized carbons (Fsp3) is 0.571. The van der Waals surface area contributed by atoms with Crippen LogP contribution in [0.2, 0.25) is 0 Å². The number of rotatable bonds is 8. The maximum absolute atomic E-state index is 13.0. The summed E-state index contributed by atoms with van der Waals surface area (Å²) in [6.07, 6.45) is -0.375. The molecule has 4 atom stereocenters. The molecular formula is C21H27NO7. The molecule has 29 heavy (non-hydrogen) atoms. The first-order chi connectivity index (χ1) is 13.7. The molecule has 1 saturated carbocycles. The molecule has 0 saturated heterocycles. The number of nitro groups is 1. The molecule has 0 aromatic heterocycles. The largest absolute Gasteiger partial charge is 0.466 e. The molecular weight excluding hydrogens is 378 g/mol. The van der Waals surface area contributed by atoms with Gasteiger partial charge in [0.15, 0.2) is 0 Å². The number of ether oxygens (including phenoxy) is 2. The van der Waals surface area contributed by atoms with Crippen molar-refractivity contribution >= 4 is 17.7 Å². The highest BCUT2D eigenvalue weighted by molar-refractivity contribution is 6.04. The van der Waals surface area contributed by atoms with Crippen molar-refractivity contribution in [3.05, 3.63) is 45.5 Å². The summed E-state index contributed by atoms with van der Waals surface area (Å²) in [6, 6.07) is 5.68. The molecule has 1 aromatic carbocycles. The number of hydrogen-bond acceptors (Lipinski definition) is 7. The van der Waals surface area contributed by atoms with Gasteiger partial charge in [0.1, 0.15) is 11.2 Å². The molecule has 1 aromatic rings. The smallest absolute Gasteiger partial charge is 0.320 e. The predicted octanol–water partition coefficient (Wildman–Crippen LogP) is 2.84. The zero-order chi connectivity index (χ0) is 21.8. The number of carbonyl (C=O) groups is 3. The maximum Gasteiger partial charge on any atom is 0.320 e. The summed E-state index contributed by atoms with van der Waals surface area (Å²) in [4.78, 5) is 49.6. The van der Waals surface area contributed by atoms with Crippen LogP contribution in [0, 0.1) is 28.4 Å². The first-order valence-electron chi connectivity index (χ1n) is 9.72. The van der Waals surface area contributed by atoms with Gasteiger partial charge in [0.25, 0.3) is 0 Å². The van der Waals surface area contributed by atoms with Crippen LogP contribution in [0.1, 0.15) is 50.7 Å². The molecule has 0 heterocycles. The van der Waals surface area contributed by atoms with Crippen molar-refractivity contribution in [1.29, 1.82) is 0 Å². The number of Topliss-reactive ketones (excluding diaryl/α,β-unsaturated/α-hetero) is 1. The van der Waals surface area contributed by atoms with Gasteiger partial charge in [-0.1, -0.05) is 29.8 Å². The number of nitrogens with zero attached hydrogens (tertiary/aromatic N) is 1. The van der Waals surface area contributed by atoms with Crippen molar-refractivity contribution in [3.63, 3.8) is 0 Å². The standard InChI is InChI=1S/C21H27NO7/c1-5-28-17(24)11-16-12-21(14(4)23,20(25)29-6-2)18(19(16)22(26)27)15-9-7-8-13(3)10-15/h7-10,16,18-19H,5-6,11-12H2,1-4H3/t16-,18+,19-,21+/m1/s1. The number of hydrogen-bond donors (Lipinski definition) is 0. The first kappa shape index (κ1) is 22.5. The van der Waals surface area contributed by atoms with E-state index in [1.807, 2.05) is 13.0 Å². The third kappa shape index (κ3) is 4.31. The topological polar surface area (TPSA) is 113 Å². The van der Waals surface area contributed by atoms with E-state index in [-0.39, 0.29) is 26.1 Å². The SMILES string of the molecule is CCOC(=O)C[C@@H]1C[C@@](C(C)=O)(C(=O)OCC)[C@@H](c2cccc(C)c2)[C@@H]1[N+](=O)[O-]. The summed E-state index contributed by atoms with van der Waals surface area (Å²) in [5, 5.41) is 12.1. The third-order valence-corrected chi connectivity index (χ3v) is 5.59. The van der Waals surface area contributed by atoms with Crippen LogP contribution >= 0.6 is 0 Å². The zero-order valence-electron chi connectivity index (χ0n) is 17.2. The average molecular weight is 405 g/mol. The molecule has 0 radical (unpaired) electrons. The quantitative estimate of drug-likeness (QED) is 0.283. The summed E-state index contributed by atoms with van der Waals surface area (Å²) < 4.78 is 10.2. The van der Waals surface area contributed by atoms with Gasteiger partial charge in [-0.25, -0.2) is 0 Å². The van der Waals surface area contributed by atoms with Crippen molar-refractivity contribution < 1.29 is 28.8 Å². The molecule has 0 aliphatic heterocycles. The molecule has 1 fully saturated rings. The minimum atomic E-state index is -1.72. The summed E-state index contributed by atoms with van der Waals surface area (Å²) in [5.41, 5.74) is -0.361. The van der Waals surface area contributed by atoms with Gasteiger partial charge in [-0.3, -0.25) is 24.5 Å². The van der Waals surface area contributed by atoms with Crippen LogP contribution in [-0.2, 0) is 23.9 Å². The number of carbonyl (C=O) groups excluding carboxylic acids is 3. The normalized spacial score (nSPS) is 26.0. The lowest BCUT2D eigenvalue weighted by Crippen LogP contribution is -2.44. The fourth-order valence-electron chi connectivity index (χ4n) is 4.47. The Hall–Kier alpha value is -2.77. The van der Waals surface area contributed by atoms with Crippen LogP contribution in [0.3, 0.4) is 0 Å². The van der Waals surface area contributed by atoms with Crippen molar-refractivity contribution in [3.8, 4) is 0 Å². The van der Waals surface area contributed by atoms with Gasteiger partial charge >= 0.3 is 11.9 Å². The Labute approximate surface area is 169 Å². The monoisotopic (exact) mass is 405 g/mol. The molecule has 0 amide bonds. The minimum absolute atomic E-state index is 0.0417. The zero-order valence-corrected chi connectivity index (χ0v) is 17.2. The number of esters is 2. The van der Waals surface area contributed by atoms with E-state index in [2.05, 4.69) is 0 Å². The van der Waals surface area contributed by atoms with Crippen LogP contribution in [0.15, 0.2) is 24.3 Å². The van der Waals surface area contributed by atoms with Crippen LogP contribution in [-0.4, -0.2) is 41.9 Å². The lowest BCUT2D eigenvalue weighted by atomic mass is 9.70. The highest BCUT2D eigenvalue weighted by atomic mass is 16.6. The second-order valence-corrected chi connectivity index (χ2v) is 7.39. The molecule has 0 N–H and O–H groups in total. The molecule has 2 rings (SSSR count). The van der Waals surface area contributed by atoms with Gasteiger partial charge in [0, 0.05) is 10.8 Å². The minimum Gasteiger partial charge on any atom is -0.466 e. The van der Waals surface area contributed by atoms with Gasteiger partial charge in [-0.05, 0) is 39.7 Å². The van der Waals surface area contributed by atoms with E-state index in [4.69, 9.17) is 9.47 Å². The van der Waals surface area contributed by atoms with E-state index in [9.17, 15) is 24.5 Å². The Morgan fingerprint density at radius 3 is 2.38 bits per heavy atom. The molecule has 0 unspecified atom stereocenters. The molecule has 8 heteroatoms. The molecule has 158 valence electrons. The van der Waals surface area contributed by atoms with Crippen LogP contribution in [0.5, 0.6) is 0 Å². The molecule has 1 aliphatic rings. The van der Waals surface area contributed by atoms with Crippen LogP contribution in [0.4, 0.5) is 0 Å². The Morgan fingerprint density at radius 1 is 1.21 bits per heavy atom. The Morgan fingerprint density at radius 2 is 1.86 bits per heavy atom.